The molecule has 1 heterocycles. The van der Waals surface area contributed by atoms with Crippen LogP contribution >= 0.6 is 23.2 Å². The van der Waals surface area contributed by atoms with Crippen LogP contribution in [0.15, 0.2) is 36.5 Å². The first-order valence-corrected chi connectivity index (χ1v) is 5.90. The number of pyridine rings is 1. The van der Waals surface area contributed by atoms with Gasteiger partial charge in [0.1, 0.15) is 11.5 Å². The lowest BCUT2D eigenvalue weighted by atomic mass is 10.1. The molecule has 0 saturated heterocycles. The highest BCUT2D eigenvalue weighted by Gasteiger charge is 2.13. The van der Waals surface area contributed by atoms with Crippen LogP contribution in [0.1, 0.15) is 16.1 Å². The number of halogens is 3. The third-order valence-electron chi connectivity index (χ3n) is 2.33. The molecule has 0 spiro atoms. The molecule has 92 valence electrons. The number of aromatic nitrogens is 1. The number of carbonyl (C=O) groups excluding carboxylic acids is 1. The molecule has 18 heavy (non-hydrogen) atoms. The molecule has 0 aliphatic rings. The summed E-state index contributed by atoms with van der Waals surface area (Å²) in [6, 6.07) is 7.30. The summed E-state index contributed by atoms with van der Waals surface area (Å²) in [5.74, 6) is -0.655. The molecule has 0 N–H and O–H groups in total. The van der Waals surface area contributed by atoms with Crippen LogP contribution in [0, 0.1) is 5.82 Å². The van der Waals surface area contributed by atoms with Crippen molar-refractivity contribution in [2.24, 2.45) is 0 Å². The lowest BCUT2D eigenvalue weighted by Gasteiger charge is -2.03. The summed E-state index contributed by atoms with van der Waals surface area (Å²) in [4.78, 5) is 15.8. The fraction of sp³-hybridized carbons (Fsp3) is 0.0769. The minimum atomic E-state index is -0.379. The van der Waals surface area contributed by atoms with Crippen molar-refractivity contribution in [1.82, 2.24) is 4.98 Å². The molecule has 1 aromatic heterocycles. The van der Waals surface area contributed by atoms with E-state index in [4.69, 9.17) is 23.2 Å². The molecule has 2 rings (SSSR count). The highest BCUT2D eigenvalue weighted by Crippen LogP contribution is 2.20. The predicted molar refractivity (Wildman–Crippen MR) is 68.7 cm³/mol. The number of carbonyl (C=O) groups is 1. The van der Waals surface area contributed by atoms with Gasteiger partial charge in [-0.2, -0.15) is 0 Å². The molecule has 0 unspecified atom stereocenters. The van der Waals surface area contributed by atoms with E-state index in [-0.39, 0.29) is 28.7 Å². The van der Waals surface area contributed by atoms with Crippen LogP contribution < -0.4 is 0 Å². The lowest BCUT2D eigenvalue weighted by molar-refractivity contribution is 0.0988. The maximum absolute atomic E-state index is 13.0. The highest BCUT2D eigenvalue weighted by atomic mass is 35.5. The zero-order valence-electron chi connectivity index (χ0n) is 9.16. The first kappa shape index (κ1) is 13.0. The molecule has 0 saturated carbocycles. The highest BCUT2D eigenvalue weighted by molar-refractivity contribution is 6.36. The topological polar surface area (TPSA) is 30.0 Å². The van der Waals surface area contributed by atoms with Gasteiger partial charge >= 0.3 is 0 Å². The van der Waals surface area contributed by atoms with Crippen LogP contribution in [0.4, 0.5) is 4.39 Å². The Morgan fingerprint density at radius 3 is 2.72 bits per heavy atom. The Kier molecular flexibility index (Phi) is 3.94. The van der Waals surface area contributed by atoms with Gasteiger partial charge in [-0.15, -0.1) is 0 Å². The summed E-state index contributed by atoms with van der Waals surface area (Å²) in [5, 5.41) is 0.561. The van der Waals surface area contributed by atoms with Gasteiger partial charge in [0.25, 0.3) is 0 Å². The van der Waals surface area contributed by atoms with Crippen molar-refractivity contribution in [3.8, 4) is 0 Å². The minimum Gasteiger partial charge on any atom is -0.292 e. The second-order valence-electron chi connectivity index (χ2n) is 3.71. The smallest absolute Gasteiger partial charge is 0.187 e. The fourth-order valence-electron chi connectivity index (χ4n) is 1.54. The Morgan fingerprint density at radius 1 is 1.28 bits per heavy atom. The van der Waals surface area contributed by atoms with Crippen molar-refractivity contribution >= 4 is 29.0 Å². The average molecular weight is 284 g/mol. The normalized spacial score (nSPS) is 10.4. The molecular weight excluding hydrogens is 276 g/mol. The number of rotatable bonds is 3. The molecule has 1 aromatic carbocycles. The maximum atomic E-state index is 13.0. The molecule has 2 nitrogen and oxygen atoms in total. The molecule has 0 aliphatic carbocycles. The predicted octanol–water partition coefficient (Wildman–Crippen LogP) is 3.95. The third kappa shape index (κ3) is 3.06. The Balaban J connectivity index is 2.22. The third-order valence-corrected chi connectivity index (χ3v) is 2.82. The fourth-order valence-corrected chi connectivity index (χ4v) is 2.02. The van der Waals surface area contributed by atoms with E-state index in [1.807, 2.05) is 0 Å². The number of ketones is 1. The van der Waals surface area contributed by atoms with Gasteiger partial charge in [-0.3, -0.25) is 4.79 Å². The number of Topliss-reactive ketones (excluding diaryl/α,β-unsaturated/α-hetero) is 1. The van der Waals surface area contributed by atoms with Crippen molar-refractivity contribution in [3.63, 3.8) is 0 Å². The SMILES string of the molecule is O=C(Cc1cccc(F)c1)c1ncc(Cl)cc1Cl. The van der Waals surface area contributed by atoms with Gasteiger partial charge in [0.2, 0.25) is 0 Å². The van der Waals surface area contributed by atoms with Gasteiger partial charge in [0.15, 0.2) is 5.78 Å². The summed E-state index contributed by atoms with van der Waals surface area (Å²) in [6.45, 7) is 0. The van der Waals surface area contributed by atoms with E-state index in [1.165, 1.54) is 24.4 Å². The molecule has 0 fully saturated rings. The van der Waals surface area contributed by atoms with E-state index in [1.54, 1.807) is 12.1 Å². The van der Waals surface area contributed by atoms with Gasteiger partial charge in [-0.1, -0.05) is 35.3 Å². The van der Waals surface area contributed by atoms with Gasteiger partial charge in [-0.25, -0.2) is 9.37 Å². The van der Waals surface area contributed by atoms with E-state index in [2.05, 4.69) is 4.98 Å². The van der Waals surface area contributed by atoms with Gasteiger partial charge in [-0.05, 0) is 23.8 Å². The van der Waals surface area contributed by atoms with E-state index in [0.29, 0.717) is 10.6 Å². The van der Waals surface area contributed by atoms with Crippen LogP contribution in [0.2, 0.25) is 10.0 Å². The van der Waals surface area contributed by atoms with Crippen molar-refractivity contribution in [1.29, 1.82) is 0 Å². The quantitative estimate of drug-likeness (QED) is 0.799. The van der Waals surface area contributed by atoms with Gasteiger partial charge in [0.05, 0.1) is 10.0 Å². The van der Waals surface area contributed by atoms with Crippen molar-refractivity contribution < 1.29 is 9.18 Å². The van der Waals surface area contributed by atoms with Crippen molar-refractivity contribution in [3.05, 3.63) is 63.6 Å². The molecule has 2 aromatic rings. The summed E-state index contributed by atoms with van der Waals surface area (Å²) in [5.41, 5.74) is 0.721. The Bertz CT molecular complexity index is 601. The van der Waals surface area contributed by atoms with Crippen LogP contribution in [-0.4, -0.2) is 10.8 Å². The zero-order chi connectivity index (χ0) is 13.1. The van der Waals surface area contributed by atoms with Crippen LogP contribution in [0.25, 0.3) is 0 Å². The van der Waals surface area contributed by atoms with Crippen molar-refractivity contribution in [2.75, 3.05) is 0 Å². The Morgan fingerprint density at radius 2 is 2.06 bits per heavy atom. The van der Waals surface area contributed by atoms with E-state index < -0.39 is 0 Å². The molecule has 0 radical (unpaired) electrons. The largest absolute Gasteiger partial charge is 0.292 e. The van der Waals surface area contributed by atoms with Crippen molar-refractivity contribution in [2.45, 2.75) is 6.42 Å². The number of hydrogen-bond donors (Lipinski definition) is 0. The number of hydrogen-bond acceptors (Lipinski definition) is 2. The van der Waals surface area contributed by atoms with Crippen LogP contribution in [-0.2, 0) is 6.42 Å². The van der Waals surface area contributed by atoms with E-state index >= 15 is 0 Å². The first-order valence-electron chi connectivity index (χ1n) is 5.15. The lowest BCUT2D eigenvalue weighted by Crippen LogP contribution is -2.07. The van der Waals surface area contributed by atoms with E-state index in [0.717, 1.165) is 0 Å². The Hall–Kier alpha value is -1.45. The second-order valence-corrected chi connectivity index (χ2v) is 4.56. The van der Waals surface area contributed by atoms with Crippen LogP contribution in [0.5, 0.6) is 0 Å². The van der Waals surface area contributed by atoms with Gasteiger partial charge in [0, 0.05) is 12.6 Å². The number of nitrogens with zero attached hydrogens (tertiary/aromatic N) is 1. The standard InChI is InChI=1S/C13H8Cl2FNO/c14-9-6-11(15)13(17-7-9)12(18)5-8-2-1-3-10(16)4-8/h1-4,6-7H,5H2. The summed E-state index contributed by atoms with van der Waals surface area (Å²) in [6.07, 6.45) is 1.40. The molecule has 0 bridgehead atoms. The summed E-state index contributed by atoms with van der Waals surface area (Å²) < 4.78 is 13.0. The number of benzene rings is 1. The second kappa shape index (κ2) is 5.46. The molecular formula is C13H8Cl2FNO. The first-order chi connectivity index (χ1) is 8.56. The average Bonchev–Trinajstić information content (AvgIpc) is 2.28. The van der Waals surface area contributed by atoms with E-state index in [9.17, 15) is 9.18 Å². The molecule has 0 aliphatic heterocycles. The minimum absolute atomic E-state index is 0.0477. The molecule has 0 amide bonds. The monoisotopic (exact) mass is 283 g/mol. The maximum Gasteiger partial charge on any atom is 0.187 e. The molecule has 0 atom stereocenters. The summed E-state index contributed by atoms with van der Waals surface area (Å²) >= 11 is 11.6. The van der Waals surface area contributed by atoms with Crippen LogP contribution in [0.3, 0.4) is 0 Å². The van der Waals surface area contributed by atoms with Gasteiger partial charge < -0.3 is 0 Å². The zero-order valence-corrected chi connectivity index (χ0v) is 10.7. The summed E-state index contributed by atoms with van der Waals surface area (Å²) in [7, 11) is 0. The Labute approximate surface area is 113 Å². The molecule has 5 heteroatoms.